The highest BCUT2D eigenvalue weighted by molar-refractivity contribution is 6.42. The van der Waals surface area contributed by atoms with Gasteiger partial charge in [-0.3, -0.25) is 4.98 Å². The summed E-state index contributed by atoms with van der Waals surface area (Å²) >= 11 is 12.0. The normalized spacial score (nSPS) is 22.8. The maximum atomic E-state index is 9.26. The van der Waals surface area contributed by atoms with Crippen molar-refractivity contribution in [1.82, 2.24) is 9.97 Å². The second-order valence-corrected chi connectivity index (χ2v) is 5.94. The molecule has 1 fully saturated rings. The molecule has 21 heavy (non-hydrogen) atoms. The Hall–Kier alpha value is -1.14. The Balaban J connectivity index is 1.98. The van der Waals surface area contributed by atoms with Crippen LogP contribution in [0.15, 0.2) is 18.3 Å². The highest BCUT2D eigenvalue weighted by Crippen LogP contribution is 2.28. The predicted octanol–water partition coefficient (Wildman–Crippen LogP) is 2.52. The molecular formula is C14H15Cl2N3O2. The Morgan fingerprint density at radius 2 is 2.05 bits per heavy atom. The number of benzene rings is 1. The Labute approximate surface area is 132 Å². The number of hydrogen-bond donors (Lipinski definition) is 1. The van der Waals surface area contributed by atoms with E-state index in [2.05, 4.69) is 14.9 Å². The number of morpholine rings is 1. The summed E-state index contributed by atoms with van der Waals surface area (Å²) in [7, 11) is 0. The first-order valence-corrected chi connectivity index (χ1v) is 7.45. The van der Waals surface area contributed by atoms with Gasteiger partial charge in [0.2, 0.25) is 0 Å². The number of fused-ring (bicyclic) bond motifs is 1. The predicted molar refractivity (Wildman–Crippen MR) is 83.2 cm³/mol. The third-order valence-corrected chi connectivity index (χ3v) is 4.30. The Kier molecular flexibility index (Phi) is 4.17. The van der Waals surface area contributed by atoms with Crippen molar-refractivity contribution in [2.24, 2.45) is 0 Å². The fourth-order valence-corrected chi connectivity index (χ4v) is 2.70. The summed E-state index contributed by atoms with van der Waals surface area (Å²) in [6.45, 7) is 3.17. The molecule has 5 nitrogen and oxygen atoms in total. The lowest BCUT2D eigenvalue weighted by atomic mass is 10.2. The van der Waals surface area contributed by atoms with Gasteiger partial charge in [0, 0.05) is 6.54 Å². The molecular weight excluding hydrogens is 313 g/mol. The van der Waals surface area contributed by atoms with Gasteiger partial charge >= 0.3 is 0 Å². The van der Waals surface area contributed by atoms with Crippen LogP contribution in [0.5, 0.6) is 0 Å². The summed E-state index contributed by atoms with van der Waals surface area (Å²) in [6.07, 6.45) is 1.51. The number of halogens is 2. The molecule has 0 amide bonds. The number of aromatic nitrogens is 2. The van der Waals surface area contributed by atoms with Crippen molar-refractivity contribution in [3.8, 4) is 0 Å². The molecule has 1 aromatic heterocycles. The standard InChI is InChI=1S/C14H15Cl2N3O2/c1-8-7-21-9(6-20)5-19(8)14-4-17-12-2-10(15)11(16)3-13(12)18-14/h2-4,8-9,20H,5-7H2,1H3/t8-,9+/m0/s1. The van der Waals surface area contributed by atoms with Crippen LogP contribution in [0.2, 0.25) is 10.0 Å². The minimum atomic E-state index is -0.201. The zero-order valence-corrected chi connectivity index (χ0v) is 13.0. The molecule has 2 aromatic rings. The molecule has 1 aromatic carbocycles. The lowest BCUT2D eigenvalue weighted by molar-refractivity contribution is -0.0105. The van der Waals surface area contributed by atoms with Crippen molar-refractivity contribution in [1.29, 1.82) is 0 Å². The maximum absolute atomic E-state index is 9.26. The zero-order valence-electron chi connectivity index (χ0n) is 11.5. The molecule has 0 aliphatic carbocycles. The van der Waals surface area contributed by atoms with Crippen LogP contribution in [0.1, 0.15) is 6.92 Å². The number of ether oxygens (including phenoxy) is 1. The van der Waals surface area contributed by atoms with Gasteiger partial charge in [-0.1, -0.05) is 23.2 Å². The summed E-state index contributed by atoms with van der Waals surface area (Å²) in [5, 5.41) is 10.2. The highest BCUT2D eigenvalue weighted by Gasteiger charge is 2.27. The number of aliphatic hydroxyl groups is 1. The summed E-state index contributed by atoms with van der Waals surface area (Å²) in [4.78, 5) is 11.1. The SMILES string of the molecule is C[C@H]1CO[C@@H](CO)CN1c1cnc2cc(Cl)c(Cl)cc2n1. The van der Waals surface area contributed by atoms with Crippen molar-refractivity contribution in [2.45, 2.75) is 19.1 Å². The van der Waals surface area contributed by atoms with Crippen LogP contribution < -0.4 is 4.90 Å². The minimum absolute atomic E-state index is 0.00827. The molecule has 3 rings (SSSR count). The third kappa shape index (κ3) is 2.92. The first kappa shape index (κ1) is 14.8. The van der Waals surface area contributed by atoms with Crippen LogP contribution in [0, 0.1) is 0 Å². The number of anilines is 1. The van der Waals surface area contributed by atoms with Gasteiger partial charge < -0.3 is 14.7 Å². The highest BCUT2D eigenvalue weighted by atomic mass is 35.5. The van der Waals surface area contributed by atoms with E-state index in [0.29, 0.717) is 34.2 Å². The zero-order chi connectivity index (χ0) is 15.0. The molecule has 0 spiro atoms. The molecule has 0 bridgehead atoms. The molecule has 1 aliphatic heterocycles. The third-order valence-electron chi connectivity index (χ3n) is 3.58. The smallest absolute Gasteiger partial charge is 0.148 e. The van der Waals surface area contributed by atoms with E-state index in [1.807, 2.05) is 6.92 Å². The molecule has 1 N–H and O–H groups in total. The van der Waals surface area contributed by atoms with Crippen LogP contribution in [0.25, 0.3) is 11.0 Å². The molecule has 7 heteroatoms. The maximum Gasteiger partial charge on any atom is 0.148 e. The van der Waals surface area contributed by atoms with Crippen molar-refractivity contribution >= 4 is 40.1 Å². The minimum Gasteiger partial charge on any atom is -0.394 e. The molecule has 112 valence electrons. The van der Waals surface area contributed by atoms with Gasteiger partial charge in [0.25, 0.3) is 0 Å². The molecule has 0 saturated carbocycles. The van der Waals surface area contributed by atoms with Gasteiger partial charge in [-0.15, -0.1) is 0 Å². The van der Waals surface area contributed by atoms with E-state index < -0.39 is 0 Å². The van der Waals surface area contributed by atoms with Crippen molar-refractivity contribution in [3.05, 3.63) is 28.4 Å². The molecule has 2 heterocycles. The van der Waals surface area contributed by atoms with Crippen molar-refractivity contribution in [2.75, 3.05) is 24.7 Å². The second-order valence-electron chi connectivity index (χ2n) is 5.12. The van der Waals surface area contributed by atoms with Crippen LogP contribution in [-0.2, 0) is 4.74 Å². The lowest BCUT2D eigenvalue weighted by Gasteiger charge is -2.38. The number of nitrogens with zero attached hydrogens (tertiary/aromatic N) is 3. The van der Waals surface area contributed by atoms with Crippen molar-refractivity contribution < 1.29 is 9.84 Å². The van der Waals surface area contributed by atoms with Crippen molar-refractivity contribution in [3.63, 3.8) is 0 Å². The molecule has 0 unspecified atom stereocenters. The van der Waals surface area contributed by atoms with E-state index >= 15 is 0 Å². The van der Waals surface area contributed by atoms with E-state index in [9.17, 15) is 5.11 Å². The van der Waals surface area contributed by atoms with Gasteiger partial charge in [-0.05, 0) is 19.1 Å². The van der Waals surface area contributed by atoms with E-state index in [1.54, 1.807) is 18.3 Å². The number of rotatable bonds is 2. The van der Waals surface area contributed by atoms with Gasteiger partial charge in [0.1, 0.15) is 5.82 Å². The summed E-state index contributed by atoms with van der Waals surface area (Å²) in [6, 6.07) is 3.59. The first-order chi connectivity index (χ1) is 10.1. The van der Waals surface area contributed by atoms with Crippen LogP contribution in [0.3, 0.4) is 0 Å². The summed E-state index contributed by atoms with van der Waals surface area (Å²) in [5.74, 6) is 0.745. The fourth-order valence-electron chi connectivity index (χ4n) is 2.38. The summed E-state index contributed by atoms with van der Waals surface area (Å²) in [5.41, 5.74) is 1.40. The Morgan fingerprint density at radius 1 is 1.33 bits per heavy atom. The average Bonchev–Trinajstić information content (AvgIpc) is 2.48. The quantitative estimate of drug-likeness (QED) is 0.918. The number of aliphatic hydroxyl groups excluding tert-OH is 1. The summed E-state index contributed by atoms with van der Waals surface area (Å²) < 4.78 is 5.54. The van der Waals surface area contributed by atoms with E-state index in [-0.39, 0.29) is 18.8 Å². The largest absolute Gasteiger partial charge is 0.394 e. The van der Waals surface area contributed by atoms with Gasteiger partial charge in [0.05, 0.1) is 52.6 Å². The second kappa shape index (κ2) is 5.93. The average molecular weight is 328 g/mol. The lowest BCUT2D eigenvalue weighted by Crippen LogP contribution is -2.50. The van der Waals surface area contributed by atoms with Crippen LogP contribution in [0.4, 0.5) is 5.82 Å². The first-order valence-electron chi connectivity index (χ1n) is 6.69. The number of hydrogen-bond acceptors (Lipinski definition) is 5. The topological polar surface area (TPSA) is 58.5 Å². The van der Waals surface area contributed by atoms with Gasteiger partial charge in [-0.25, -0.2) is 4.98 Å². The molecule has 2 atom stereocenters. The fraction of sp³-hybridized carbons (Fsp3) is 0.429. The molecule has 1 saturated heterocycles. The molecule has 0 radical (unpaired) electrons. The van der Waals surface area contributed by atoms with Gasteiger partial charge in [0.15, 0.2) is 0 Å². The van der Waals surface area contributed by atoms with E-state index in [4.69, 9.17) is 27.9 Å². The van der Waals surface area contributed by atoms with Crippen LogP contribution in [-0.4, -0.2) is 47.0 Å². The molecule has 1 aliphatic rings. The monoisotopic (exact) mass is 327 g/mol. The van der Waals surface area contributed by atoms with E-state index in [0.717, 1.165) is 5.82 Å². The van der Waals surface area contributed by atoms with E-state index in [1.165, 1.54) is 0 Å². The Morgan fingerprint density at radius 3 is 2.76 bits per heavy atom. The Bertz CT molecular complexity index is 668. The van der Waals surface area contributed by atoms with Gasteiger partial charge in [-0.2, -0.15) is 0 Å². The van der Waals surface area contributed by atoms with Crippen LogP contribution >= 0.6 is 23.2 Å².